The Hall–Kier alpha value is -2.21. The van der Waals surface area contributed by atoms with Crippen LogP contribution in [0.5, 0.6) is 0 Å². The van der Waals surface area contributed by atoms with Crippen molar-refractivity contribution in [2.75, 3.05) is 5.73 Å². The summed E-state index contributed by atoms with van der Waals surface area (Å²) in [5, 5.41) is -0.614. The number of nitrogen functional groups attached to an aromatic ring is 1. The van der Waals surface area contributed by atoms with E-state index in [4.69, 9.17) is 17.3 Å². The number of anilines is 1. The van der Waals surface area contributed by atoms with Crippen LogP contribution in [-0.2, 0) is 0 Å². The Morgan fingerprint density at radius 3 is 2.94 bits per heavy atom. The second-order valence-electron chi connectivity index (χ2n) is 3.48. The summed E-state index contributed by atoms with van der Waals surface area (Å²) in [6.45, 7) is 0. The first-order valence-corrected chi connectivity index (χ1v) is 5.12. The summed E-state index contributed by atoms with van der Waals surface area (Å²) in [6.07, 6.45) is 4.66. The lowest BCUT2D eigenvalue weighted by Gasteiger charge is -2.04. The van der Waals surface area contributed by atoms with Gasteiger partial charge in [-0.05, 0) is 17.7 Å². The molecule has 7 heteroatoms. The third-order valence-electron chi connectivity index (χ3n) is 2.46. The standard InChI is InChI=1S/C10H6ClN5O/c11-9(17)5-1-7-6(2-14-5)15-10(12)8-3-13-4-16(7)8/h1-4H,(H2,12,15). The molecule has 0 aliphatic carbocycles. The van der Waals surface area contributed by atoms with Crippen molar-refractivity contribution >= 4 is 39.2 Å². The molecule has 0 bridgehead atoms. The van der Waals surface area contributed by atoms with Crippen LogP contribution >= 0.6 is 11.6 Å². The number of hydrogen-bond donors (Lipinski definition) is 1. The zero-order valence-electron chi connectivity index (χ0n) is 8.46. The largest absolute Gasteiger partial charge is 0.382 e. The highest BCUT2D eigenvalue weighted by Crippen LogP contribution is 2.19. The number of halogens is 1. The van der Waals surface area contributed by atoms with E-state index in [-0.39, 0.29) is 5.69 Å². The number of nitrogens with zero attached hydrogens (tertiary/aromatic N) is 4. The molecule has 0 aliphatic rings. The lowest BCUT2D eigenvalue weighted by molar-refractivity contribution is 0.107. The van der Waals surface area contributed by atoms with Crippen LogP contribution in [0.25, 0.3) is 16.6 Å². The van der Waals surface area contributed by atoms with Gasteiger partial charge < -0.3 is 5.73 Å². The smallest absolute Gasteiger partial charge is 0.270 e. The first-order valence-electron chi connectivity index (χ1n) is 4.74. The molecule has 0 fully saturated rings. The van der Waals surface area contributed by atoms with Gasteiger partial charge in [-0.15, -0.1) is 0 Å². The third kappa shape index (κ3) is 1.42. The summed E-state index contributed by atoms with van der Waals surface area (Å²) in [5.41, 5.74) is 7.88. The van der Waals surface area contributed by atoms with Gasteiger partial charge in [0, 0.05) is 0 Å². The van der Waals surface area contributed by atoms with Gasteiger partial charge in [0.05, 0.1) is 24.2 Å². The molecule has 3 aromatic rings. The SMILES string of the molecule is Nc1nc2cnc(C(=O)Cl)cc2n2cncc12. The van der Waals surface area contributed by atoms with Gasteiger partial charge in [-0.3, -0.25) is 9.20 Å². The summed E-state index contributed by atoms with van der Waals surface area (Å²) >= 11 is 5.39. The van der Waals surface area contributed by atoms with E-state index in [1.54, 1.807) is 23.0 Å². The van der Waals surface area contributed by atoms with Crippen molar-refractivity contribution in [3.63, 3.8) is 0 Å². The van der Waals surface area contributed by atoms with Crippen molar-refractivity contribution in [3.05, 3.63) is 30.5 Å². The Morgan fingerprint density at radius 1 is 1.35 bits per heavy atom. The minimum absolute atomic E-state index is 0.167. The van der Waals surface area contributed by atoms with Crippen molar-refractivity contribution in [2.45, 2.75) is 0 Å². The fourth-order valence-electron chi connectivity index (χ4n) is 1.69. The summed E-state index contributed by atoms with van der Waals surface area (Å²) in [5.74, 6) is 0.363. The fraction of sp³-hybridized carbons (Fsp3) is 0. The van der Waals surface area contributed by atoms with E-state index in [0.717, 1.165) is 0 Å². The molecule has 84 valence electrons. The Morgan fingerprint density at radius 2 is 2.18 bits per heavy atom. The Bertz CT molecular complexity index is 751. The monoisotopic (exact) mass is 247 g/mol. The summed E-state index contributed by atoms with van der Waals surface area (Å²) in [4.78, 5) is 23.1. The molecule has 17 heavy (non-hydrogen) atoms. The topological polar surface area (TPSA) is 86.2 Å². The molecule has 2 N–H and O–H groups in total. The number of rotatable bonds is 1. The second kappa shape index (κ2) is 3.39. The molecule has 0 spiro atoms. The van der Waals surface area contributed by atoms with Crippen LogP contribution in [0, 0.1) is 0 Å². The number of fused-ring (bicyclic) bond motifs is 3. The van der Waals surface area contributed by atoms with E-state index in [1.165, 1.54) is 6.20 Å². The predicted molar refractivity (Wildman–Crippen MR) is 62.9 cm³/mol. The average molecular weight is 248 g/mol. The number of carbonyl (C=O) groups is 1. The van der Waals surface area contributed by atoms with E-state index >= 15 is 0 Å². The van der Waals surface area contributed by atoms with E-state index in [2.05, 4.69) is 15.0 Å². The van der Waals surface area contributed by atoms with Crippen LogP contribution in [0.3, 0.4) is 0 Å². The van der Waals surface area contributed by atoms with Crippen molar-refractivity contribution in [1.82, 2.24) is 19.4 Å². The first-order chi connectivity index (χ1) is 8.16. The van der Waals surface area contributed by atoms with Crippen LogP contribution < -0.4 is 5.73 Å². The van der Waals surface area contributed by atoms with Crippen LogP contribution in [0.2, 0.25) is 0 Å². The maximum absolute atomic E-state index is 11.1. The van der Waals surface area contributed by atoms with Crippen molar-refractivity contribution in [1.29, 1.82) is 0 Å². The number of pyridine rings is 1. The molecular formula is C10H6ClN5O. The first kappa shape index (κ1) is 9.98. The molecule has 0 radical (unpaired) electrons. The highest BCUT2D eigenvalue weighted by molar-refractivity contribution is 6.67. The molecule has 3 rings (SSSR count). The van der Waals surface area contributed by atoms with Crippen molar-refractivity contribution < 1.29 is 4.79 Å². The third-order valence-corrected chi connectivity index (χ3v) is 2.66. The molecular weight excluding hydrogens is 242 g/mol. The van der Waals surface area contributed by atoms with Crippen LogP contribution in [0.1, 0.15) is 10.5 Å². The average Bonchev–Trinajstić information content (AvgIpc) is 2.78. The van der Waals surface area contributed by atoms with E-state index < -0.39 is 5.24 Å². The number of hydrogen-bond acceptors (Lipinski definition) is 5. The number of nitrogens with two attached hydrogens (primary N) is 1. The molecule has 0 saturated heterocycles. The predicted octanol–water partition coefficient (Wildman–Crippen LogP) is 1.24. The number of imidazole rings is 1. The molecule has 3 heterocycles. The quantitative estimate of drug-likeness (QED) is 0.654. The number of carbonyl (C=O) groups excluding carboxylic acids is 1. The van der Waals surface area contributed by atoms with Gasteiger partial charge in [-0.25, -0.2) is 15.0 Å². The molecule has 3 aromatic heterocycles. The molecule has 0 amide bonds. The van der Waals surface area contributed by atoms with Crippen LogP contribution in [0.4, 0.5) is 5.82 Å². The highest BCUT2D eigenvalue weighted by Gasteiger charge is 2.10. The molecule has 0 atom stereocenters. The second-order valence-corrected chi connectivity index (χ2v) is 3.82. The van der Waals surface area contributed by atoms with Gasteiger partial charge >= 0.3 is 0 Å². The summed E-state index contributed by atoms with van der Waals surface area (Å²) in [6, 6.07) is 1.56. The van der Waals surface area contributed by atoms with Crippen LogP contribution in [0.15, 0.2) is 24.8 Å². The zero-order valence-corrected chi connectivity index (χ0v) is 9.22. The van der Waals surface area contributed by atoms with Crippen molar-refractivity contribution in [3.8, 4) is 0 Å². The molecule has 0 aliphatic heterocycles. The number of aromatic nitrogens is 4. The molecule has 0 unspecified atom stereocenters. The maximum atomic E-state index is 11.1. The fourth-order valence-corrected chi connectivity index (χ4v) is 1.79. The van der Waals surface area contributed by atoms with Gasteiger partial charge in [0.2, 0.25) is 0 Å². The van der Waals surface area contributed by atoms with E-state index in [9.17, 15) is 4.79 Å². The Labute approximate surface area is 100 Å². The normalized spacial score (nSPS) is 11.1. The Kier molecular flexibility index (Phi) is 1.99. The van der Waals surface area contributed by atoms with E-state index in [1.807, 2.05) is 0 Å². The molecule has 0 aromatic carbocycles. The van der Waals surface area contributed by atoms with Gasteiger partial charge in [0.25, 0.3) is 5.24 Å². The summed E-state index contributed by atoms with van der Waals surface area (Å²) < 4.78 is 1.74. The van der Waals surface area contributed by atoms with Gasteiger partial charge in [-0.1, -0.05) is 0 Å². The van der Waals surface area contributed by atoms with Crippen molar-refractivity contribution in [2.24, 2.45) is 0 Å². The van der Waals surface area contributed by atoms with E-state index in [0.29, 0.717) is 22.4 Å². The minimum atomic E-state index is -0.614. The minimum Gasteiger partial charge on any atom is -0.382 e. The highest BCUT2D eigenvalue weighted by atomic mass is 35.5. The van der Waals surface area contributed by atoms with Gasteiger partial charge in [0.15, 0.2) is 0 Å². The summed E-state index contributed by atoms with van der Waals surface area (Å²) in [7, 11) is 0. The Balaban J connectivity index is 2.48. The zero-order chi connectivity index (χ0) is 12.0. The lowest BCUT2D eigenvalue weighted by Crippen LogP contribution is -2.01. The molecule has 6 nitrogen and oxygen atoms in total. The molecule has 0 saturated carbocycles. The maximum Gasteiger partial charge on any atom is 0.270 e. The van der Waals surface area contributed by atoms with Gasteiger partial charge in [0.1, 0.15) is 22.5 Å². The van der Waals surface area contributed by atoms with Gasteiger partial charge in [-0.2, -0.15) is 0 Å². The lowest BCUT2D eigenvalue weighted by atomic mass is 10.3. The van der Waals surface area contributed by atoms with Crippen LogP contribution in [-0.4, -0.2) is 24.6 Å².